The molecule has 1 heterocycles. The van der Waals surface area contributed by atoms with Crippen LogP contribution in [0.15, 0.2) is 6.07 Å². The summed E-state index contributed by atoms with van der Waals surface area (Å²) in [7, 11) is 0. The van der Waals surface area contributed by atoms with E-state index in [9.17, 15) is 0 Å². The average Bonchev–Trinajstić information content (AvgIpc) is 2.89. The Bertz CT molecular complexity index is 429. The molecule has 0 bridgehead atoms. The van der Waals surface area contributed by atoms with Gasteiger partial charge in [0.25, 0.3) is 0 Å². The number of hydrogen-bond donors (Lipinski definition) is 0. The first kappa shape index (κ1) is 18.7. The molecule has 0 N–H and O–H groups in total. The van der Waals surface area contributed by atoms with Gasteiger partial charge in [-0.15, -0.1) is 11.3 Å². The molecule has 0 saturated carbocycles. The summed E-state index contributed by atoms with van der Waals surface area (Å²) in [6, 6.07) is 2.41. The van der Waals surface area contributed by atoms with Crippen LogP contribution < -0.4 is 0 Å². The van der Waals surface area contributed by atoms with E-state index >= 15 is 0 Å². The molecular formula is C19H34OS. The summed E-state index contributed by atoms with van der Waals surface area (Å²) in [5.74, 6) is 0. The molecule has 0 aliphatic heterocycles. The molecule has 0 unspecified atom stereocenters. The lowest BCUT2D eigenvalue weighted by atomic mass is 9.85. The lowest BCUT2D eigenvalue weighted by Gasteiger charge is -2.24. The first-order chi connectivity index (χ1) is 9.78. The van der Waals surface area contributed by atoms with Gasteiger partial charge in [-0.2, -0.15) is 0 Å². The lowest BCUT2D eigenvalue weighted by Crippen LogP contribution is -2.16. The quantitative estimate of drug-likeness (QED) is 0.477. The molecule has 0 atom stereocenters. The molecule has 0 aromatic carbocycles. The Balaban J connectivity index is 3.02. The topological polar surface area (TPSA) is 9.23 Å². The van der Waals surface area contributed by atoms with Crippen molar-refractivity contribution in [3.63, 3.8) is 0 Å². The van der Waals surface area contributed by atoms with Crippen molar-refractivity contribution < 1.29 is 4.74 Å². The third-order valence-corrected chi connectivity index (χ3v) is 6.67. The van der Waals surface area contributed by atoms with E-state index in [0.29, 0.717) is 0 Å². The molecule has 0 saturated heterocycles. The molecule has 0 amide bonds. The van der Waals surface area contributed by atoms with Crippen LogP contribution in [0.2, 0.25) is 0 Å². The zero-order valence-electron chi connectivity index (χ0n) is 15.1. The van der Waals surface area contributed by atoms with Crippen LogP contribution in [0.4, 0.5) is 0 Å². The van der Waals surface area contributed by atoms with E-state index in [1.165, 1.54) is 34.6 Å². The fraction of sp³-hybridized carbons (Fsp3) is 0.789. The Hall–Kier alpha value is -0.340. The highest BCUT2D eigenvalue weighted by Gasteiger charge is 2.29. The van der Waals surface area contributed by atoms with Gasteiger partial charge in [-0.05, 0) is 41.7 Å². The van der Waals surface area contributed by atoms with E-state index in [-0.39, 0.29) is 10.8 Å². The number of ether oxygens (including phenoxy) is 1. The van der Waals surface area contributed by atoms with Gasteiger partial charge in [0.05, 0.1) is 6.61 Å². The Morgan fingerprint density at radius 1 is 1.00 bits per heavy atom. The van der Waals surface area contributed by atoms with Crippen LogP contribution in [0.3, 0.4) is 0 Å². The first-order valence-corrected chi connectivity index (χ1v) is 9.31. The van der Waals surface area contributed by atoms with E-state index in [1.54, 1.807) is 0 Å². The van der Waals surface area contributed by atoms with Crippen LogP contribution >= 0.6 is 11.3 Å². The van der Waals surface area contributed by atoms with Crippen molar-refractivity contribution in [1.82, 2.24) is 0 Å². The van der Waals surface area contributed by atoms with Crippen LogP contribution in [-0.4, -0.2) is 6.61 Å². The maximum atomic E-state index is 5.91. The summed E-state index contributed by atoms with van der Waals surface area (Å²) in [6.45, 7) is 17.8. The SMILES string of the molecule is CCCCOCc1cc(C(C)(C)CC)sc1C(C)(C)CC. The van der Waals surface area contributed by atoms with E-state index in [2.05, 4.69) is 54.5 Å². The highest BCUT2D eigenvalue weighted by atomic mass is 32.1. The molecule has 1 nitrogen and oxygen atoms in total. The molecule has 1 aromatic heterocycles. The van der Waals surface area contributed by atoms with Gasteiger partial charge in [0, 0.05) is 16.4 Å². The average molecular weight is 311 g/mol. The highest BCUT2D eigenvalue weighted by Crippen LogP contribution is 2.41. The minimum Gasteiger partial charge on any atom is -0.377 e. The molecule has 0 spiro atoms. The predicted octanol–water partition coefficient (Wildman–Crippen LogP) is 6.44. The maximum Gasteiger partial charge on any atom is 0.0727 e. The van der Waals surface area contributed by atoms with Crippen LogP contribution in [0, 0.1) is 0 Å². The molecule has 0 aliphatic carbocycles. The van der Waals surface area contributed by atoms with E-state index in [4.69, 9.17) is 4.74 Å². The highest BCUT2D eigenvalue weighted by molar-refractivity contribution is 7.12. The monoisotopic (exact) mass is 310 g/mol. The fourth-order valence-corrected chi connectivity index (χ4v) is 3.72. The number of rotatable bonds is 9. The molecular weight excluding hydrogens is 276 g/mol. The van der Waals surface area contributed by atoms with Gasteiger partial charge in [0.2, 0.25) is 0 Å². The van der Waals surface area contributed by atoms with Gasteiger partial charge < -0.3 is 4.74 Å². The van der Waals surface area contributed by atoms with Gasteiger partial charge in [0.15, 0.2) is 0 Å². The van der Waals surface area contributed by atoms with Crippen molar-refractivity contribution in [3.8, 4) is 0 Å². The summed E-state index contributed by atoms with van der Waals surface area (Å²) in [5.41, 5.74) is 1.93. The molecule has 21 heavy (non-hydrogen) atoms. The van der Waals surface area contributed by atoms with Crippen molar-refractivity contribution in [2.75, 3.05) is 6.61 Å². The van der Waals surface area contributed by atoms with Gasteiger partial charge in [-0.25, -0.2) is 0 Å². The van der Waals surface area contributed by atoms with E-state index in [0.717, 1.165) is 19.6 Å². The molecule has 122 valence electrons. The third-order valence-electron chi connectivity index (χ3n) is 4.76. The number of thiophene rings is 1. The van der Waals surface area contributed by atoms with Crippen LogP contribution in [-0.2, 0) is 22.2 Å². The lowest BCUT2D eigenvalue weighted by molar-refractivity contribution is 0.117. The van der Waals surface area contributed by atoms with Crippen LogP contribution in [0.5, 0.6) is 0 Å². The number of unbranched alkanes of at least 4 members (excludes halogenated alkanes) is 1. The largest absolute Gasteiger partial charge is 0.377 e. The van der Waals surface area contributed by atoms with Crippen LogP contribution in [0.25, 0.3) is 0 Å². The molecule has 2 heteroatoms. The van der Waals surface area contributed by atoms with Crippen LogP contribution in [0.1, 0.15) is 89.5 Å². The molecule has 1 rings (SSSR count). The second kappa shape index (κ2) is 7.78. The Morgan fingerprint density at radius 3 is 2.14 bits per heavy atom. The predicted molar refractivity (Wildman–Crippen MR) is 95.5 cm³/mol. The summed E-state index contributed by atoms with van der Waals surface area (Å²) >= 11 is 2.01. The summed E-state index contributed by atoms with van der Waals surface area (Å²) in [6.07, 6.45) is 4.70. The Kier molecular flexibility index (Phi) is 6.93. The first-order valence-electron chi connectivity index (χ1n) is 8.49. The van der Waals surface area contributed by atoms with E-state index < -0.39 is 0 Å². The Morgan fingerprint density at radius 2 is 1.62 bits per heavy atom. The second-order valence-corrected chi connectivity index (χ2v) is 8.40. The zero-order valence-corrected chi connectivity index (χ0v) is 16.0. The van der Waals surface area contributed by atoms with Gasteiger partial charge >= 0.3 is 0 Å². The standard InChI is InChI=1S/C19H34OS/c1-8-11-12-20-14-15-13-16(18(4,5)9-2)21-17(15)19(6,7)10-3/h13H,8-12,14H2,1-7H3. The molecule has 0 fully saturated rings. The Labute approximate surface area is 136 Å². The molecule has 0 radical (unpaired) electrons. The smallest absolute Gasteiger partial charge is 0.0727 e. The number of hydrogen-bond acceptors (Lipinski definition) is 2. The molecule has 0 aliphatic rings. The third kappa shape index (κ3) is 4.82. The fourth-order valence-electron chi connectivity index (χ4n) is 2.21. The van der Waals surface area contributed by atoms with Gasteiger partial charge in [0.1, 0.15) is 0 Å². The van der Waals surface area contributed by atoms with Crippen molar-refractivity contribution in [1.29, 1.82) is 0 Å². The maximum absolute atomic E-state index is 5.91. The minimum absolute atomic E-state index is 0.246. The summed E-state index contributed by atoms with van der Waals surface area (Å²) in [5, 5.41) is 0. The summed E-state index contributed by atoms with van der Waals surface area (Å²) < 4.78 is 5.91. The minimum atomic E-state index is 0.246. The normalized spacial score (nSPS) is 12.9. The van der Waals surface area contributed by atoms with Gasteiger partial charge in [-0.1, -0.05) is 54.9 Å². The van der Waals surface area contributed by atoms with Gasteiger partial charge in [-0.3, -0.25) is 0 Å². The summed E-state index contributed by atoms with van der Waals surface area (Å²) in [4.78, 5) is 3.04. The van der Waals surface area contributed by atoms with E-state index in [1.807, 2.05) is 11.3 Å². The van der Waals surface area contributed by atoms with Crippen molar-refractivity contribution in [2.45, 2.75) is 91.6 Å². The van der Waals surface area contributed by atoms with Crippen molar-refractivity contribution in [3.05, 3.63) is 21.4 Å². The molecule has 1 aromatic rings. The van der Waals surface area contributed by atoms with Crippen molar-refractivity contribution >= 4 is 11.3 Å². The zero-order chi connectivity index (χ0) is 16.1. The van der Waals surface area contributed by atoms with Crippen molar-refractivity contribution in [2.24, 2.45) is 0 Å². The second-order valence-electron chi connectivity index (χ2n) is 7.35.